The van der Waals surface area contributed by atoms with Gasteiger partial charge in [-0.3, -0.25) is 9.47 Å². The van der Waals surface area contributed by atoms with Gasteiger partial charge in [0.1, 0.15) is 11.6 Å². The highest BCUT2D eigenvalue weighted by molar-refractivity contribution is 5.78. The molecule has 0 spiro atoms. The molecule has 0 bridgehead atoms. The molecule has 0 radical (unpaired) electrons. The molecule has 2 aliphatic rings. The Kier molecular flexibility index (Phi) is 7.38. The van der Waals surface area contributed by atoms with Crippen LogP contribution in [0.2, 0.25) is 0 Å². The maximum atomic E-state index is 14.2. The monoisotopic (exact) mass is 533 g/mol. The minimum atomic E-state index is -2.78. The van der Waals surface area contributed by atoms with Gasteiger partial charge in [0.15, 0.2) is 5.82 Å². The Balaban J connectivity index is 1.37. The van der Waals surface area contributed by atoms with Crippen molar-refractivity contribution in [1.82, 2.24) is 24.4 Å². The van der Waals surface area contributed by atoms with E-state index in [9.17, 15) is 8.78 Å². The lowest BCUT2D eigenvalue weighted by Crippen LogP contribution is -2.37. The fourth-order valence-corrected chi connectivity index (χ4v) is 5.37. The second-order valence-corrected chi connectivity index (χ2v) is 10.1. The Hall–Kier alpha value is -3.63. The van der Waals surface area contributed by atoms with Gasteiger partial charge < -0.3 is 14.5 Å². The second-order valence-electron chi connectivity index (χ2n) is 10.1. The number of para-hydroxylation sites is 2. The maximum absolute atomic E-state index is 14.2. The molecule has 8 nitrogen and oxygen atoms in total. The van der Waals surface area contributed by atoms with Crippen LogP contribution < -0.4 is 9.80 Å². The molecule has 2 aromatic carbocycles. The number of fused-ring (bicyclic) bond motifs is 1. The van der Waals surface area contributed by atoms with Gasteiger partial charge in [-0.1, -0.05) is 30.7 Å². The molecule has 2 aromatic heterocycles. The SMILES string of the molecule is CN(c1ccc(CN2CCCCC2)cc1)c1cc(N2CCOCC2)nc(-n2c(C(F)F)nc3ccccc32)n1. The molecule has 10 heteroatoms. The van der Waals surface area contributed by atoms with Gasteiger partial charge in [0, 0.05) is 38.4 Å². The molecule has 2 aliphatic heterocycles. The Labute approximate surface area is 226 Å². The summed E-state index contributed by atoms with van der Waals surface area (Å²) in [6.07, 6.45) is 1.08. The van der Waals surface area contributed by atoms with Crippen molar-refractivity contribution in [3.05, 3.63) is 66.0 Å². The predicted molar refractivity (Wildman–Crippen MR) is 148 cm³/mol. The lowest BCUT2D eigenvalue weighted by molar-refractivity contribution is 0.122. The van der Waals surface area contributed by atoms with Crippen LogP contribution in [0.25, 0.3) is 17.0 Å². The largest absolute Gasteiger partial charge is 0.378 e. The van der Waals surface area contributed by atoms with Gasteiger partial charge in [-0.2, -0.15) is 9.97 Å². The molecule has 204 valence electrons. The van der Waals surface area contributed by atoms with Crippen molar-refractivity contribution in [3.8, 4) is 5.95 Å². The van der Waals surface area contributed by atoms with Crippen molar-refractivity contribution < 1.29 is 13.5 Å². The van der Waals surface area contributed by atoms with Crippen LogP contribution in [0.4, 0.5) is 26.1 Å². The first kappa shape index (κ1) is 25.6. The van der Waals surface area contributed by atoms with Crippen molar-refractivity contribution in [2.24, 2.45) is 0 Å². The minimum Gasteiger partial charge on any atom is -0.378 e. The molecule has 4 aromatic rings. The van der Waals surface area contributed by atoms with Crippen LogP contribution in [0.1, 0.15) is 37.1 Å². The van der Waals surface area contributed by atoms with E-state index in [-0.39, 0.29) is 11.8 Å². The fourth-order valence-electron chi connectivity index (χ4n) is 5.37. The van der Waals surface area contributed by atoms with Crippen LogP contribution >= 0.6 is 0 Å². The highest BCUT2D eigenvalue weighted by Gasteiger charge is 2.24. The molecule has 0 unspecified atom stereocenters. The van der Waals surface area contributed by atoms with E-state index in [0.29, 0.717) is 49.0 Å². The number of alkyl halides is 2. The minimum absolute atomic E-state index is 0.173. The number of rotatable bonds is 7. The molecule has 0 atom stereocenters. The number of aromatic nitrogens is 4. The lowest BCUT2D eigenvalue weighted by atomic mass is 10.1. The van der Waals surface area contributed by atoms with Crippen LogP contribution in [0.3, 0.4) is 0 Å². The molecule has 0 amide bonds. The van der Waals surface area contributed by atoms with Crippen LogP contribution in [0.5, 0.6) is 0 Å². The molecule has 4 heterocycles. The highest BCUT2D eigenvalue weighted by Crippen LogP contribution is 2.31. The number of hydrogen-bond donors (Lipinski definition) is 0. The van der Waals surface area contributed by atoms with Crippen LogP contribution in [0.15, 0.2) is 54.6 Å². The van der Waals surface area contributed by atoms with E-state index in [4.69, 9.17) is 14.7 Å². The van der Waals surface area contributed by atoms with Gasteiger partial charge in [-0.15, -0.1) is 0 Å². The fraction of sp³-hybridized carbons (Fsp3) is 0.414. The molecule has 0 N–H and O–H groups in total. The quantitative estimate of drug-likeness (QED) is 0.318. The third-order valence-corrected chi connectivity index (χ3v) is 7.53. The summed E-state index contributed by atoms with van der Waals surface area (Å²) in [5.41, 5.74) is 3.26. The number of morpholine rings is 1. The summed E-state index contributed by atoms with van der Waals surface area (Å²) in [6, 6.07) is 17.5. The number of piperidine rings is 1. The summed E-state index contributed by atoms with van der Waals surface area (Å²) >= 11 is 0. The van der Waals surface area contributed by atoms with Crippen molar-refractivity contribution in [2.75, 3.05) is 56.2 Å². The van der Waals surface area contributed by atoms with E-state index in [0.717, 1.165) is 25.3 Å². The molecule has 39 heavy (non-hydrogen) atoms. The third kappa shape index (κ3) is 5.44. The number of hydrogen-bond acceptors (Lipinski definition) is 7. The van der Waals surface area contributed by atoms with Crippen LogP contribution in [-0.4, -0.2) is 70.9 Å². The molecule has 0 aliphatic carbocycles. The first-order valence-corrected chi connectivity index (χ1v) is 13.6. The first-order valence-electron chi connectivity index (χ1n) is 13.6. The van der Waals surface area contributed by atoms with E-state index in [1.807, 2.05) is 18.0 Å². The molecule has 0 saturated carbocycles. The van der Waals surface area contributed by atoms with Gasteiger partial charge in [0.25, 0.3) is 6.43 Å². The van der Waals surface area contributed by atoms with Gasteiger partial charge in [0.2, 0.25) is 5.95 Å². The number of anilines is 3. The Morgan fingerprint density at radius 2 is 1.64 bits per heavy atom. The average molecular weight is 534 g/mol. The number of likely N-dealkylation sites (tertiary alicyclic amines) is 1. The van der Waals surface area contributed by atoms with Gasteiger partial charge in [0.05, 0.1) is 24.2 Å². The summed E-state index contributed by atoms with van der Waals surface area (Å²) in [5, 5.41) is 0. The molecule has 2 saturated heterocycles. The van der Waals surface area contributed by atoms with E-state index in [1.54, 1.807) is 24.3 Å². The zero-order valence-electron chi connectivity index (χ0n) is 22.1. The molecule has 2 fully saturated rings. The zero-order chi connectivity index (χ0) is 26.8. The molecule has 6 rings (SSSR count). The van der Waals surface area contributed by atoms with E-state index in [1.165, 1.54) is 29.4 Å². The summed E-state index contributed by atoms with van der Waals surface area (Å²) < 4.78 is 35.2. The lowest BCUT2D eigenvalue weighted by Gasteiger charge is -2.29. The first-order chi connectivity index (χ1) is 19.1. The van der Waals surface area contributed by atoms with Crippen LogP contribution in [-0.2, 0) is 11.3 Å². The van der Waals surface area contributed by atoms with E-state index >= 15 is 0 Å². The predicted octanol–water partition coefficient (Wildman–Crippen LogP) is 5.34. The summed E-state index contributed by atoms with van der Waals surface area (Å²) in [5.74, 6) is 1.09. The van der Waals surface area contributed by atoms with Gasteiger partial charge >= 0.3 is 0 Å². The Bertz CT molecular complexity index is 1410. The molecular weight excluding hydrogens is 500 g/mol. The normalized spacial score (nSPS) is 16.8. The van der Waals surface area contributed by atoms with Crippen molar-refractivity contribution in [2.45, 2.75) is 32.2 Å². The van der Waals surface area contributed by atoms with Gasteiger partial charge in [-0.25, -0.2) is 13.8 Å². The second kappa shape index (κ2) is 11.2. The zero-order valence-corrected chi connectivity index (χ0v) is 22.1. The van der Waals surface area contributed by atoms with Crippen molar-refractivity contribution >= 4 is 28.4 Å². The van der Waals surface area contributed by atoms with Crippen LogP contribution in [0, 0.1) is 0 Å². The topological polar surface area (TPSA) is 62.6 Å². The van der Waals surface area contributed by atoms with E-state index < -0.39 is 6.43 Å². The van der Waals surface area contributed by atoms with Gasteiger partial charge in [-0.05, 0) is 55.8 Å². The number of halogens is 2. The number of imidazole rings is 1. The summed E-state index contributed by atoms with van der Waals surface area (Å²) in [4.78, 5) is 20.3. The smallest absolute Gasteiger partial charge is 0.296 e. The summed E-state index contributed by atoms with van der Waals surface area (Å²) in [7, 11) is 1.94. The average Bonchev–Trinajstić information content (AvgIpc) is 3.38. The number of nitrogens with zero attached hydrogens (tertiary/aromatic N) is 7. The standard InChI is InChI=1S/C29H33F2N7O/c1-35(22-11-9-21(10-12-22)20-36-13-5-2-6-14-36)25-19-26(37-15-17-39-18-16-37)34-29(33-25)38-24-8-4-3-7-23(24)32-28(38)27(30)31/h3-4,7-12,19,27H,2,5-6,13-18,20H2,1H3. The summed E-state index contributed by atoms with van der Waals surface area (Å²) in [6.45, 7) is 5.75. The third-order valence-electron chi connectivity index (χ3n) is 7.53. The number of benzene rings is 2. The van der Waals surface area contributed by atoms with Crippen molar-refractivity contribution in [1.29, 1.82) is 0 Å². The Morgan fingerprint density at radius 1 is 0.897 bits per heavy atom. The maximum Gasteiger partial charge on any atom is 0.296 e. The Morgan fingerprint density at radius 3 is 2.38 bits per heavy atom. The molecular formula is C29H33F2N7O. The number of ether oxygens (including phenoxy) is 1. The van der Waals surface area contributed by atoms with E-state index in [2.05, 4.69) is 39.0 Å². The highest BCUT2D eigenvalue weighted by atomic mass is 19.3. The van der Waals surface area contributed by atoms with Crippen molar-refractivity contribution in [3.63, 3.8) is 0 Å².